The Hall–Kier alpha value is -0.120. The summed E-state index contributed by atoms with van der Waals surface area (Å²) in [6.45, 7) is 9.51. The van der Waals surface area contributed by atoms with Crippen molar-refractivity contribution in [1.82, 2.24) is 9.80 Å². The molecule has 0 atom stereocenters. The second-order valence-electron chi connectivity index (χ2n) is 4.57. The van der Waals surface area contributed by atoms with Gasteiger partial charge in [0.2, 0.25) is 0 Å². The molecule has 2 saturated heterocycles. The number of piperidine rings is 1. The van der Waals surface area contributed by atoms with Crippen LogP contribution in [0.2, 0.25) is 0 Å². The molecule has 0 bridgehead atoms. The Kier molecular flexibility index (Phi) is 5.03. The summed E-state index contributed by atoms with van der Waals surface area (Å²) in [5.41, 5.74) is 0.194. The quantitative estimate of drug-likeness (QED) is 0.607. The van der Waals surface area contributed by atoms with Crippen LogP contribution in [-0.4, -0.2) is 62.3 Å². The molecule has 2 rings (SSSR count). The van der Waals surface area contributed by atoms with E-state index < -0.39 is 0 Å². The van der Waals surface area contributed by atoms with E-state index >= 15 is 0 Å². The average molecular weight is 214 g/mol. The van der Waals surface area contributed by atoms with Crippen molar-refractivity contribution in [2.75, 3.05) is 46.9 Å². The van der Waals surface area contributed by atoms with Gasteiger partial charge in [0.25, 0.3) is 0 Å². The average Bonchev–Trinajstić information content (AvgIpc) is 2.26. The first-order valence-corrected chi connectivity index (χ1v) is 6.21. The SMILES string of the molecule is CC.CN1CCC2(CC1)CN(C)CCO2. The first kappa shape index (κ1) is 12.9. The van der Waals surface area contributed by atoms with Gasteiger partial charge < -0.3 is 14.5 Å². The number of ether oxygens (including phenoxy) is 1. The highest BCUT2D eigenvalue weighted by Crippen LogP contribution is 2.28. The molecule has 0 aromatic heterocycles. The van der Waals surface area contributed by atoms with Crippen molar-refractivity contribution < 1.29 is 4.74 Å². The van der Waals surface area contributed by atoms with Crippen molar-refractivity contribution in [2.45, 2.75) is 32.3 Å². The summed E-state index contributed by atoms with van der Waals surface area (Å²) >= 11 is 0. The number of hydrogen-bond donors (Lipinski definition) is 0. The molecule has 1 spiro atoms. The van der Waals surface area contributed by atoms with Crippen LogP contribution >= 0.6 is 0 Å². The third kappa shape index (κ3) is 3.44. The fourth-order valence-corrected chi connectivity index (χ4v) is 2.36. The lowest BCUT2D eigenvalue weighted by Gasteiger charge is -2.45. The first-order chi connectivity index (χ1) is 7.20. The van der Waals surface area contributed by atoms with E-state index in [0.717, 1.165) is 19.7 Å². The van der Waals surface area contributed by atoms with Gasteiger partial charge in [0.05, 0.1) is 12.2 Å². The zero-order chi connectivity index (χ0) is 11.3. The second kappa shape index (κ2) is 5.83. The fourth-order valence-electron chi connectivity index (χ4n) is 2.36. The zero-order valence-corrected chi connectivity index (χ0v) is 10.8. The summed E-state index contributed by atoms with van der Waals surface area (Å²) in [6.07, 6.45) is 2.40. The van der Waals surface area contributed by atoms with E-state index in [0.29, 0.717) is 0 Å². The third-order valence-corrected chi connectivity index (χ3v) is 3.34. The number of likely N-dealkylation sites (N-methyl/N-ethyl adjacent to an activating group) is 1. The normalized spacial score (nSPS) is 27.2. The van der Waals surface area contributed by atoms with Gasteiger partial charge >= 0.3 is 0 Å². The Labute approximate surface area is 94.4 Å². The minimum absolute atomic E-state index is 0.194. The van der Waals surface area contributed by atoms with Crippen LogP contribution in [0.5, 0.6) is 0 Å². The number of morpholine rings is 1. The van der Waals surface area contributed by atoms with Crippen LogP contribution in [-0.2, 0) is 4.74 Å². The van der Waals surface area contributed by atoms with Gasteiger partial charge in [-0.25, -0.2) is 0 Å². The molecule has 2 fully saturated rings. The Morgan fingerprint density at radius 2 is 1.53 bits per heavy atom. The topological polar surface area (TPSA) is 15.7 Å². The van der Waals surface area contributed by atoms with Gasteiger partial charge in [-0.3, -0.25) is 0 Å². The lowest BCUT2D eigenvalue weighted by Crippen LogP contribution is -2.55. The predicted molar refractivity (Wildman–Crippen MR) is 64.3 cm³/mol. The molecular formula is C12H26N2O. The van der Waals surface area contributed by atoms with Gasteiger partial charge in [-0.2, -0.15) is 0 Å². The monoisotopic (exact) mass is 214 g/mol. The maximum absolute atomic E-state index is 5.96. The largest absolute Gasteiger partial charge is 0.372 e. The molecule has 90 valence electrons. The highest BCUT2D eigenvalue weighted by molar-refractivity contribution is 4.91. The number of hydrogen-bond acceptors (Lipinski definition) is 3. The van der Waals surface area contributed by atoms with Crippen molar-refractivity contribution in [3.8, 4) is 0 Å². The lowest BCUT2D eigenvalue weighted by atomic mass is 9.90. The van der Waals surface area contributed by atoms with E-state index in [1.165, 1.54) is 25.9 Å². The Morgan fingerprint density at radius 1 is 0.933 bits per heavy atom. The summed E-state index contributed by atoms with van der Waals surface area (Å²) in [7, 11) is 4.39. The number of likely N-dealkylation sites (tertiary alicyclic amines) is 1. The lowest BCUT2D eigenvalue weighted by molar-refractivity contribution is -0.128. The van der Waals surface area contributed by atoms with Gasteiger partial charge in [-0.1, -0.05) is 13.8 Å². The molecule has 3 heteroatoms. The molecule has 0 aromatic carbocycles. The van der Waals surface area contributed by atoms with E-state index in [1.807, 2.05) is 13.8 Å². The van der Waals surface area contributed by atoms with E-state index in [9.17, 15) is 0 Å². The standard InChI is InChI=1S/C10H20N2O.C2H6/c1-11-5-3-10(4-6-11)9-12(2)7-8-13-10;1-2/h3-9H2,1-2H3;1-2H3. The van der Waals surface area contributed by atoms with Crippen LogP contribution in [0.15, 0.2) is 0 Å². The summed E-state index contributed by atoms with van der Waals surface area (Å²) in [5, 5.41) is 0. The maximum Gasteiger partial charge on any atom is 0.0833 e. The molecule has 0 radical (unpaired) electrons. The highest BCUT2D eigenvalue weighted by atomic mass is 16.5. The molecule has 0 amide bonds. The zero-order valence-electron chi connectivity index (χ0n) is 10.8. The molecule has 3 nitrogen and oxygen atoms in total. The summed E-state index contributed by atoms with van der Waals surface area (Å²) in [4.78, 5) is 4.79. The van der Waals surface area contributed by atoms with Crippen molar-refractivity contribution in [3.63, 3.8) is 0 Å². The van der Waals surface area contributed by atoms with Crippen LogP contribution < -0.4 is 0 Å². The molecule has 2 heterocycles. The van der Waals surface area contributed by atoms with Crippen LogP contribution in [0, 0.1) is 0 Å². The fraction of sp³-hybridized carbons (Fsp3) is 1.00. The summed E-state index contributed by atoms with van der Waals surface area (Å²) in [6, 6.07) is 0. The molecule has 15 heavy (non-hydrogen) atoms. The smallest absolute Gasteiger partial charge is 0.0833 e. The van der Waals surface area contributed by atoms with E-state index in [1.54, 1.807) is 0 Å². The minimum atomic E-state index is 0.194. The van der Waals surface area contributed by atoms with Crippen molar-refractivity contribution >= 4 is 0 Å². The van der Waals surface area contributed by atoms with Gasteiger partial charge in [-0.15, -0.1) is 0 Å². The predicted octanol–water partition coefficient (Wildman–Crippen LogP) is 1.44. The van der Waals surface area contributed by atoms with E-state index in [-0.39, 0.29) is 5.60 Å². The van der Waals surface area contributed by atoms with Crippen molar-refractivity contribution in [3.05, 3.63) is 0 Å². The summed E-state index contributed by atoms with van der Waals surface area (Å²) < 4.78 is 5.96. The molecular weight excluding hydrogens is 188 g/mol. The molecule has 2 aliphatic heterocycles. The molecule has 0 N–H and O–H groups in total. The Balaban J connectivity index is 0.000000531. The van der Waals surface area contributed by atoms with Crippen molar-refractivity contribution in [2.24, 2.45) is 0 Å². The van der Waals surface area contributed by atoms with Gasteiger partial charge in [-0.05, 0) is 26.9 Å². The van der Waals surface area contributed by atoms with Crippen LogP contribution in [0.3, 0.4) is 0 Å². The van der Waals surface area contributed by atoms with Crippen LogP contribution in [0.1, 0.15) is 26.7 Å². The van der Waals surface area contributed by atoms with Gasteiger partial charge in [0.15, 0.2) is 0 Å². The number of nitrogens with zero attached hydrogens (tertiary/aromatic N) is 2. The second-order valence-corrected chi connectivity index (χ2v) is 4.57. The van der Waals surface area contributed by atoms with Crippen molar-refractivity contribution in [1.29, 1.82) is 0 Å². The van der Waals surface area contributed by atoms with Gasteiger partial charge in [0, 0.05) is 26.2 Å². The molecule has 0 saturated carbocycles. The van der Waals surface area contributed by atoms with E-state index in [4.69, 9.17) is 4.74 Å². The van der Waals surface area contributed by atoms with Crippen LogP contribution in [0.25, 0.3) is 0 Å². The molecule has 0 aliphatic carbocycles. The number of rotatable bonds is 0. The molecule has 0 aromatic rings. The Bertz CT molecular complexity index is 176. The maximum atomic E-state index is 5.96. The van der Waals surface area contributed by atoms with E-state index in [2.05, 4.69) is 23.9 Å². The Morgan fingerprint density at radius 3 is 2.07 bits per heavy atom. The minimum Gasteiger partial charge on any atom is -0.372 e. The third-order valence-electron chi connectivity index (χ3n) is 3.34. The van der Waals surface area contributed by atoms with Crippen LogP contribution in [0.4, 0.5) is 0 Å². The van der Waals surface area contributed by atoms with Gasteiger partial charge in [0.1, 0.15) is 0 Å². The highest BCUT2D eigenvalue weighted by Gasteiger charge is 2.37. The molecule has 2 aliphatic rings. The summed E-state index contributed by atoms with van der Waals surface area (Å²) in [5.74, 6) is 0. The first-order valence-electron chi connectivity index (χ1n) is 6.21. The molecule has 0 unspecified atom stereocenters.